The van der Waals surface area contributed by atoms with Crippen LogP contribution in [0.5, 0.6) is 0 Å². The van der Waals surface area contributed by atoms with Crippen LogP contribution in [0.4, 0.5) is 5.69 Å². The van der Waals surface area contributed by atoms with Crippen LogP contribution in [-0.4, -0.2) is 22.5 Å². The van der Waals surface area contributed by atoms with E-state index in [1.165, 1.54) is 13.3 Å². The highest BCUT2D eigenvalue weighted by atomic mass is 16.5. The highest BCUT2D eigenvalue weighted by molar-refractivity contribution is 5.89. The van der Waals surface area contributed by atoms with Gasteiger partial charge < -0.3 is 10.5 Å². The minimum atomic E-state index is -0.428. The number of methoxy groups -OCH3 is 1. The number of carbonyl (C=O) groups excluding carboxylic acids is 1. The molecule has 2 N–H and O–H groups in total. The molecule has 0 aliphatic heterocycles. The van der Waals surface area contributed by atoms with Crippen molar-refractivity contribution >= 4 is 17.3 Å². The van der Waals surface area contributed by atoms with Gasteiger partial charge in [0.05, 0.1) is 19.0 Å². The minimum absolute atomic E-state index is 0.370. The quantitative estimate of drug-likeness (QED) is 0.674. The van der Waals surface area contributed by atoms with Crippen molar-refractivity contribution in [1.82, 2.24) is 9.38 Å². The highest BCUT2D eigenvalue weighted by Crippen LogP contribution is 2.13. The van der Waals surface area contributed by atoms with Gasteiger partial charge in [0.15, 0.2) is 11.3 Å². The summed E-state index contributed by atoms with van der Waals surface area (Å²) in [4.78, 5) is 15.3. The van der Waals surface area contributed by atoms with E-state index in [-0.39, 0.29) is 0 Å². The summed E-state index contributed by atoms with van der Waals surface area (Å²) in [5.41, 5.74) is 7.14. The van der Waals surface area contributed by atoms with Gasteiger partial charge in [0.25, 0.3) is 0 Å². The number of fused-ring (bicyclic) bond motifs is 1. The summed E-state index contributed by atoms with van der Waals surface area (Å²) < 4.78 is 6.20. The first kappa shape index (κ1) is 8.55. The number of hydrogen-bond acceptors (Lipinski definition) is 4. The molecule has 2 aromatic heterocycles. The summed E-state index contributed by atoms with van der Waals surface area (Å²) in [7, 11) is 1.33. The molecule has 2 aromatic rings. The van der Waals surface area contributed by atoms with Crippen LogP contribution in [0.3, 0.4) is 0 Å². The third-order valence-electron chi connectivity index (χ3n) is 1.96. The molecule has 0 aromatic carbocycles. The fraction of sp³-hybridized carbons (Fsp3) is 0.111. The fourth-order valence-electron chi connectivity index (χ4n) is 1.29. The van der Waals surface area contributed by atoms with Crippen LogP contribution in [-0.2, 0) is 4.74 Å². The number of carbonyl (C=O) groups is 1. The van der Waals surface area contributed by atoms with Crippen molar-refractivity contribution < 1.29 is 9.53 Å². The van der Waals surface area contributed by atoms with Gasteiger partial charge in [-0.1, -0.05) is 0 Å². The Morgan fingerprint density at radius 2 is 2.43 bits per heavy atom. The summed E-state index contributed by atoms with van der Waals surface area (Å²) in [6.45, 7) is 0. The number of anilines is 1. The molecule has 5 nitrogen and oxygen atoms in total. The molecule has 0 radical (unpaired) electrons. The number of pyridine rings is 1. The topological polar surface area (TPSA) is 69.6 Å². The Kier molecular flexibility index (Phi) is 1.85. The Hall–Kier alpha value is -2.04. The molecular weight excluding hydrogens is 182 g/mol. The van der Waals surface area contributed by atoms with Crippen molar-refractivity contribution in [1.29, 1.82) is 0 Å². The molecule has 0 spiro atoms. The number of imidazole rings is 1. The molecule has 72 valence electrons. The molecule has 14 heavy (non-hydrogen) atoms. The maximum atomic E-state index is 11.3. The maximum Gasteiger partial charge on any atom is 0.356 e. The molecule has 0 unspecified atom stereocenters. The Morgan fingerprint density at radius 1 is 1.64 bits per heavy atom. The molecule has 0 bridgehead atoms. The zero-order chi connectivity index (χ0) is 10.1. The predicted octanol–water partition coefficient (Wildman–Crippen LogP) is 0.703. The normalized spacial score (nSPS) is 10.4. The number of esters is 1. The number of nitrogens with zero attached hydrogens (tertiary/aromatic N) is 2. The van der Waals surface area contributed by atoms with Crippen molar-refractivity contribution in [2.24, 2.45) is 0 Å². The van der Waals surface area contributed by atoms with Crippen LogP contribution in [0.1, 0.15) is 10.5 Å². The number of hydrogen-bond donors (Lipinski definition) is 1. The van der Waals surface area contributed by atoms with Gasteiger partial charge in [-0.05, 0) is 12.1 Å². The van der Waals surface area contributed by atoms with Crippen LogP contribution in [0.2, 0.25) is 0 Å². The van der Waals surface area contributed by atoms with E-state index in [0.29, 0.717) is 17.0 Å². The molecule has 2 rings (SSSR count). The molecule has 0 fully saturated rings. The summed E-state index contributed by atoms with van der Waals surface area (Å²) in [5, 5.41) is 0. The lowest BCUT2D eigenvalue weighted by molar-refractivity contribution is 0.0593. The number of ether oxygens (including phenoxy) is 1. The largest absolute Gasteiger partial charge is 0.464 e. The summed E-state index contributed by atoms with van der Waals surface area (Å²) >= 11 is 0. The molecular formula is C9H9N3O2. The van der Waals surface area contributed by atoms with Gasteiger partial charge in [0, 0.05) is 6.20 Å². The van der Waals surface area contributed by atoms with Crippen LogP contribution in [0.25, 0.3) is 5.65 Å². The van der Waals surface area contributed by atoms with Crippen molar-refractivity contribution in [2.75, 3.05) is 12.8 Å². The number of aromatic nitrogens is 2. The second kappa shape index (κ2) is 3.02. The Bertz CT molecular complexity index is 490. The van der Waals surface area contributed by atoms with Gasteiger partial charge in [0.2, 0.25) is 0 Å². The second-order valence-corrected chi connectivity index (χ2v) is 2.79. The van der Waals surface area contributed by atoms with E-state index in [1.807, 2.05) is 0 Å². The molecule has 0 saturated carbocycles. The van der Waals surface area contributed by atoms with Gasteiger partial charge in [-0.25, -0.2) is 9.78 Å². The molecule has 2 heterocycles. The first-order valence-electron chi connectivity index (χ1n) is 4.04. The van der Waals surface area contributed by atoms with Gasteiger partial charge >= 0.3 is 5.97 Å². The van der Waals surface area contributed by atoms with E-state index in [4.69, 9.17) is 5.73 Å². The molecule has 0 saturated heterocycles. The molecule has 0 amide bonds. The number of nitrogens with two attached hydrogens (primary N) is 1. The molecule has 0 aliphatic carbocycles. The maximum absolute atomic E-state index is 11.3. The van der Waals surface area contributed by atoms with E-state index in [2.05, 4.69) is 9.72 Å². The third-order valence-corrected chi connectivity index (χ3v) is 1.96. The van der Waals surface area contributed by atoms with Crippen LogP contribution in [0, 0.1) is 0 Å². The van der Waals surface area contributed by atoms with Gasteiger partial charge in [0.1, 0.15) is 0 Å². The summed E-state index contributed by atoms with van der Waals surface area (Å²) in [6.07, 6.45) is 3.16. The zero-order valence-electron chi connectivity index (χ0n) is 7.60. The van der Waals surface area contributed by atoms with E-state index < -0.39 is 5.97 Å². The molecule has 5 heteroatoms. The number of nitrogen functional groups attached to an aromatic ring is 1. The first-order valence-corrected chi connectivity index (χ1v) is 4.04. The Balaban J connectivity index is 2.70. The van der Waals surface area contributed by atoms with Gasteiger partial charge in [-0.2, -0.15) is 0 Å². The lowest BCUT2D eigenvalue weighted by atomic mass is 10.4. The van der Waals surface area contributed by atoms with Crippen molar-refractivity contribution in [3.8, 4) is 0 Å². The summed E-state index contributed by atoms with van der Waals surface area (Å²) in [5.74, 6) is -0.428. The summed E-state index contributed by atoms with van der Waals surface area (Å²) in [6, 6.07) is 3.47. The first-order chi connectivity index (χ1) is 6.74. The van der Waals surface area contributed by atoms with E-state index >= 15 is 0 Å². The monoisotopic (exact) mass is 191 g/mol. The fourth-order valence-corrected chi connectivity index (χ4v) is 1.29. The van der Waals surface area contributed by atoms with Crippen LogP contribution >= 0.6 is 0 Å². The smallest absolute Gasteiger partial charge is 0.356 e. The van der Waals surface area contributed by atoms with E-state index in [0.717, 1.165) is 0 Å². The zero-order valence-corrected chi connectivity index (χ0v) is 7.60. The minimum Gasteiger partial charge on any atom is -0.464 e. The second-order valence-electron chi connectivity index (χ2n) is 2.79. The van der Waals surface area contributed by atoms with Gasteiger partial charge in [-0.15, -0.1) is 0 Å². The van der Waals surface area contributed by atoms with E-state index in [9.17, 15) is 4.79 Å². The molecule has 0 aliphatic rings. The Morgan fingerprint density at radius 3 is 3.14 bits per heavy atom. The SMILES string of the molecule is COC(=O)c1cnc2c(N)cccn12. The van der Waals surface area contributed by atoms with Crippen LogP contribution < -0.4 is 5.73 Å². The number of rotatable bonds is 1. The van der Waals surface area contributed by atoms with Crippen molar-refractivity contribution in [3.63, 3.8) is 0 Å². The predicted molar refractivity (Wildman–Crippen MR) is 50.9 cm³/mol. The third kappa shape index (κ3) is 1.10. The Labute approximate surface area is 80.1 Å². The lowest BCUT2D eigenvalue weighted by Gasteiger charge is -2.00. The average molecular weight is 191 g/mol. The van der Waals surface area contributed by atoms with Crippen molar-refractivity contribution in [3.05, 3.63) is 30.2 Å². The lowest BCUT2D eigenvalue weighted by Crippen LogP contribution is -2.05. The van der Waals surface area contributed by atoms with Crippen molar-refractivity contribution in [2.45, 2.75) is 0 Å². The molecule has 0 atom stereocenters. The standard InChI is InChI=1S/C9H9N3O2/c1-14-9(13)7-5-11-8-6(10)3-2-4-12(7)8/h2-5H,10H2,1H3. The highest BCUT2D eigenvalue weighted by Gasteiger charge is 2.12. The average Bonchev–Trinajstić information content (AvgIpc) is 2.62. The van der Waals surface area contributed by atoms with Gasteiger partial charge in [-0.3, -0.25) is 4.40 Å². The van der Waals surface area contributed by atoms with E-state index in [1.54, 1.807) is 22.7 Å². The van der Waals surface area contributed by atoms with Crippen LogP contribution in [0.15, 0.2) is 24.5 Å².